The molecule has 2 aliphatic rings. The van der Waals surface area contributed by atoms with Gasteiger partial charge in [-0.15, -0.1) is 0 Å². The van der Waals surface area contributed by atoms with Crippen molar-refractivity contribution < 1.29 is 19.5 Å². The molecule has 6 nitrogen and oxygen atoms in total. The SMILES string of the molecule is CCCCCC1=C(CCC(C)(C)C(=O)C(=O)N2CCCCC2C(=O)O)N=CCC1. The largest absolute Gasteiger partial charge is 0.480 e. The van der Waals surface area contributed by atoms with Gasteiger partial charge < -0.3 is 10.0 Å². The van der Waals surface area contributed by atoms with Crippen LogP contribution in [0, 0.1) is 5.41 Å². The number of carbonyl (C=O) groups is 3. The summed E-state index contributed by atoms with van der Waals surface area (Å²) in [6.07, 6.45) is 11.7. The van der Waals surface area contributed by atoms with Crippen molar-refractivity contribution in [3.63, 3.8) is 0 Å². The van der Waals surface area contributed by atoms with E-state index in [2.05, 4.69) is 11.9 Å². The third kappa shape index (κ3) is 6.25. The number of hydrogen-bond acceptors (Lipinski definition) is 4. The molecule has 1 atom stereocenters. The molecule has 0 aromatic carbocycles. The van der Waals surface area contributed by atoms with Crippen molar-refractivity contribution in [3.05, 3.63) is 11.3 Å². The number of Topliss-reactive ketones (excluding diaryl/α,β-unsaturated/α-hetero) is 1. The van der Waals surface area contributed by atoms with Gasteiger partial charge in [0.1, 0.15) is 6.04 Å². The molecule has 0 aromatic rings. The lowest BCUT2D eigenvalue weighted by molar-refractivity contribution is -0.158. The Balaban J connectivity index is 2.03. The van der Waals surface area contributed by atoms with Gasteiger partial charge in [-0.3, -0.25) is 14.6 Å². The highest BCUT2D eigenvalue weighted by molar-refractivity contribution is 6.38. The second kappa shape index (κ2) is 10.7. The highest BCUT2D eigenvalue weighted by Gasteiger charge is 2.40. The molecular weight excluding hydrogens is 368 g/mol. The molecule has 0 spiro atoms. The van der Waals surface area contributed by atoms with E-state index in [0.29, 0.717) is 25.8 Å². The number of piperidine rings is 1. The summed E-state index contributed by atoms with van der Waals surface area (Å²) in [5, 5.41) is 9.41. The Morgan fingerprint density at radius 2 is 1.97 bits per heavy atom. The van der Waals surface area contributed by atoms with Crippen LogP contribution in [0.3, 0.4) is 0 Å². The summed E-state index contributed by atoms with van der Waals surface area (Å²) < 4.78 is 0. The van der Waals surface area contributed by atoms with Crippen molar-refractivity contribution in [1.82, 2.24) is 4.90 Å². The summed E-state index contributed by atoms with van der Waals surface area (Å²) >= 11 is 0. The highest BCUT2D eigenvalue weighted by Crippen LogP contribution is 2.32. The Morgan fingerprint density at radius 3 is 2.66 bits per heavy atom. The van der Waals surface area contributed by atoms with E-state index in [0.717, 1.165) is 44.2 Å². The molecule has 0 radical (unpaired) electrons. The number of amides is 1. The monoisotopic (exact) mass is 404 g/mol. The minimum atomic E-state index is -1.03. The van der Waals surface area contributed by atoms with Crippen LogP contribution >= 0.6 is 0 Å². The van der Waals surface area contributed by atoms with E-state index in [1.54, 1.807) is 13.8 Å². The lowest BCUT2D eigenvalue weighted by Gasteiger charge is -2.34. The number of carboxylic acids is 1. The Morgan fingerprint density at radius 1 is 1.21 bits per heavy atom. The number of allylic oxidation sites excluding steroid dienone is 2. The van der Waals surface area contributed by atoms with Gasteiger partial charge in [0.05, 0.1) is 0 Å². The van der Waals surface area contributed by atoms with Gasteiger partial charge in [-0.25, -0.2) is 4.79 Å². The minimum Gasteiger partial charge on any atom is -0.480 e. The molecule has 6 heteroatoms. The van der Waals surface area contributed by atoms with Crippen molar-refractivity contribution in [2.75, 3.05) is 6.54 Å². The zero-order chi connectivity index (χ0) is 21.4. The van der Waals surface area contributed by atoms with Crippen molar-refractivity contribution in [2.24, 2.45) is 10.4 Å². The molecule has 0 bridgehead atoms. The molecule has 1 saturated heterocycles. The molecule has 1 fully saturated rings. The Bertz CT molecular complexity index is 678. The number of aliphatic carboxylic acids is 1. The second-order valence-corrected chi connectivity index (χ2v) is 8.92. The predicted octanol–water partition coefficient (Wildman–Crippen LogP) is 4.53. The maximum atomic E-state index is 13.0. The van der Waals surface area contributed by atoms with E-state index in [4.69, 9.17) is 0 Å². The van der Waals surface area contributed by atoms with Crippen molar-refractivity contribution >= 4 is 23.9 Å². The number of aliphatic imine (C=N–C) groups is 1. The zero-order valence-corrected chi connectivity index (χ0v) is 18.2. The van der Waals surface area contributed by atoms with E-state index in [1.807, 2.05) is 6.21 Å². The molecule has 0 saturated carbocycles. The van der Waals surface area contributed by atoms with E-state index >= 15 is 0 Å². The summed E-state index contributed by atoms with van der Waals surface area (Å²) in [6, 6.07) is -0.883. The molecule has 2 heterocycles. The van der Waals surface area contributed by atoms with Crippen LogP contribution in [0.2, 0.25) is 0 Å². The fraction of sp³-hybridized carbons (Fsp3) is 0.739. The molecule has 162 valence electrons. The van der Waals surface area contributed by atoms with E-state index in [9.17, 15) is 19.5 Å². The van der Waals surface area contributed by atoms with Gasteiger partial charge in [-0.2, -0.15) is 0 Å². The minimum absolute atomic E-state index is 0.342. The van der Waals surface area contributed by atoms with Gasteiger partial charge in [0.25, 0.3) is 5.91 Å². The lowest BCUT2D eigenvalue weighted by Crippen LogP contribution is -2.52. The van der Waals surface area contributed by atoms with Crippen LogP contribution in [0.15, 0.2) is 16.3 Å². The fourth-order valence-electron chi connectivity index (χ4n) is 4.14. The number of likely N-dealkylation sites (tertiary alicyclic amines) is 1. The van der Waals surface area contributed by atoms with Crippen LogP contribution < -0.4 is 0 Å². The smallest absolute Gasteiger partial charge is 0.326 e. The van der Waals surface area contributed by atoms with Gasteiger partial charge in [-0.05, 0) is 63.4 Å². The van der Waals surface area contributed by atoms with Gasteiger partial charge in [0.15, 0.2) is 0 Å². The molecule has 0 aliphatic carbocycles. The first-order valence-corrected chi connectivity index (χ1v) is 11.1. The maximum absolute atomic E-state index is 13.0. The highest BCUT2D eigenvalue weighted by atomic mass is 16.4. The first-order chi connectivity index (χ1) is 13.8. The number of carbonyl (C=O) groups excluding carboxylic acids is 2. The lowest BCUT2D eigenvalue weighted by atomic mass is 9.81. The molecule has 2 aliphatic heterocycles. The maximum Gasteiger partial charge on any atom is 0.326 e. The Labute approximate surface area is 174 Å². The van der Waals surface area contributed by atoms with Crippen LogP contribution in [0.25, 0.3) is 0 Å². The van der Waals surface area contributed by atoms with Crippen LogP contribution in [-0.4, -0.2) is 46.5 Å². The molecule has 1 N–H and O–H groups in total. The number of rotatable bonds is 10. The van der Waals surface area contributed by atoms with Gasteiger partial charge in [-0.1, -0.05) is 33.6 Å². The van der Waals surface area contributed by atoms with E-state index in [1.165, 1.54) is 23.3 Å². The second-order valence-electron chi connectivity index (χ2n) is 8.92. The first kappa shape index (κ1) is 23.3. The average molecular weight is 405 g/mol. The number of unbranched alkanes of at least 4 members (excludes halogenated alkanes) is 2. The summed E-state index contributed by atoms with van der Waals surface area (Å²) in [5.74, 6) is -2.16. The standard InChI is InChI=1S/C23H36N2O4/c1-4-5-6-10-17-11-9-15-24-18(17)13-14-23(2,3)20(26)21(27)25-16-8-7-12-19(25)22(28)29/h15,19H,4-14,16H2,1-3H3,(H,28,29). The van der Waals surface area contributed by atoms with Crippen molar-refractivity contribution in [3.8, 4) is 0 Å². The number of ketones is 1. The van der Waals surface area contributed by atoms with E-state index in [-0.39, 0.29) is 0 Å². The average Bonchev–Trinajstić information content (AvgIpc) is 2.72. The predicted molar refractivity (Wildman–Crippen MR) is 114 cm³/mol. The number of hydrogen-bond donors (Lipinski definition) is 1. The topological polar surface area (TPSA) is 87.0 Å². The van der Waals surface area contributed by atoms with Gasteiger partial charge in [0.2, 0.25) is 5.78 Å². The third-order valence-corrected chi connectivity index (χ3v) is 6.16. The van der Waals surface area contributed by atoms with Gasteiger partial charge >= 0.3 is 5.97 Å². The van der Waals surface area contributed by atoms with Crippen LogP contribution in [0.5, 0.6) is 0 Å². The van der Waals surface area contributed by atoms with Gasteiger partial charge in [0, 0.05) is 23.9 Å². The molecule has 0 aromatic heterocycles. The Hall–Kier alpha value is -1.98. The first-order valence-electron chi connectivity index (χ1n) is 11.1. The molecule has 2 rings (SSSR count). The number of nitrogens with zero attached hydrogens (tertiary/aromatic N) is 2. The molecular formula is C23H36N2O4. The molecule has 1 unspecified atom stereocenters. The van der Waals surface area contributed by atoms with Crippen LogP contribution in [-0.2, 0) is 14.4 Å². The Kier molecular flexibility index (Phi) is 8.60. The van der Waals surface area contributed by atoms with Crippen molar-refractivity contribution in [2.45, 2.75) is 97.4 Å². The molecule has 1 amide bonds. The summed E-state index contributed by atoms with van der Waals surface area (Å²) in [7, 11) is 0. The normalized spacial score (nSPS) is 20.1. The fourth-order valence-corrected chi connectivity index (χ4v) is 4.14. The number of carboxylic acid groups (broad SMARTS) is 1. The van der Waals surface area contributed by atoms with Crippen molar-refractivity contribution in [1.29, 1.82) is 0 Å². The zero-order valence-electron chi connectivity index (χ0n) is 18.2. The van der Waals surface area contributed by atoms with Crippen LogP contribution in [0.1, 0.15) is 91.4 Å². The summed E-state index contributed by atoms with van der Waals surface area (Å²) in [5.41, 5.74) is 1.62. The van der Waals surface area contributed by atoms with E-state index < -0.39 is 29.1 Å². The third-order valence-electron chi connectivity index (χ3n) is 6.16. The van der Waals surface area contributed by atoms with Crippen LogP contribution in [0.4, 0.5) is 0 Å². The summed E-state index contributed by atoms with van der Waals surface area (Å²) in [6.45, 7) is 6.11. The summed E-state index contributed by atoms with van der Waals surface area (Å²) in [4.78, 5) is 43.1. The molecule has 29 heavy (non-hydrogen) atoms. The quantitative estimate of drug-likeness (QED) is 0.428.